The summed E-state index contributed by atoms with van der Waals surface area (Å²) in [5, 5.41) is 6.50. The highest BCUT2D eigenvalue weighted by Gasteiger charge is 2.25. The van der Waals surface area contributed by atoms with Crippen LogP contribution in [0.3, 0.4) is 0 Å². The molecule has 5 rings (SSSR count). The molecule has 0 saturated carbocycles. The molecule has 0 spiro atoms. The van der Waals surface area contributed by atoms with E-state index in [2.05, 4.69) is 20.6 Å². The maximum atomic E-state index is 14.2. The molecule has 2 N–H and O–H groups in total. The number of benzene rings is 1. The standard InChI is InChI=1S/C21H23F2N5O2/c22-13-1-2-17(16(23)9-13)26-21-27-18-11-24-20(25-14-3-6-29-7-4-14)10-19(18)28(21)15-5-8-30-12-15/h1-2,9-11,14-15H,3-8,12H2,(H,24,25)(H,26,27)/t15-/m0/s1. The zero-order valence-electron chi connectivity index (χ0n) is 16.4. The molecule has 3 aromatic rings. The van der Waals surface area contributed by atoms with Gasteiger partial charge in [0.15, 0.2) is 0 Å². The smallest absolute Gasteiger partial charge is 0.208 e. The van der Waals surface area contributed by atoms with E-state index in [9.17, 15) is 8.78 Å². The van der Waals surface area contributed by atoms with Gasteiger partial charge in [0.05, 0.1) is 30.0 Å². The first-order valence-corrected chi connectivity index (χ1v) is 10.2. The first kappa shape index (κ1) is 19.2. The summed E-state index contributed by atoms with van der Waals surface area (Å²) < 4.78 is 40.5. The molecule has 0 radical (unpaired) electrons. The Kier molecular flexibility index (Phi) is 5.22. The molecule has 4 heterocycles. The van der Waals surface area contributed by atoms with Gasteiger partial charge < -0.3 is 24.7 Å². The van der Waals surface area contributed by atoms with Crippen LogP contribution >= 0.6 is 0 Å². The van der Waals surface area contributed by atoms with Crippen molar-refractivity contribution >= 4 is 28.5 Å². The number of ether oxygens (including phenoxy) is 2. The van der Waals surface area contributed by atoms with E-state index >= 15 is 0 Å². The largest absolute Gasteiger partial charge is 0.381 e. The van der Waals surface area contributed by atoms with Crippen molar-refractivity contribution in [3.63, 3.8) is 0 Å². The lowest BCUT2D eigenvalue weighted by Gasteiger charge is -2.23. The molecule has 0 aliphatic carbocycles. The minimum absolute atomic E-state index is 0.0688. The molecule has 2 aliphatic heterocycles. The quantitative estimate of drug-likeness (QED) is 0.656. The van der Waals surface area contributed by atoms with Gasteiger partial charge in [-0.05, 0) is 31.4 Å². The van der Waals surface area contributed by atoms with E-state index in [0.29, 0.717) is 30.7 Å². The molecule has 1 aromatic carbocycles. The molecule has 1 atom stereocenters. The van der Waals surface area contributed by atoms with Crippen LogP contribution < -0.4 is 10.6 Å². The fraction of sp³-hybridized carbons (Fsp3) is 0.429. The van der Waals surface area contributed by atoms with Crippen molar-refractivity contribution in [2.24, 2.45) is 0 Å². The van der Waals surface area contributed by atoms with Crippen LogP contribution in [-0.4, -0.2) is 47.0 Å². The molecule has 0 amide bonds. The maximum absolute atomic E-state index is 14.2. The number of pyridine rings is 1. The molecule has 2 saturated heterocycles. The molecule has 158 valence electrons. The van der Waals surface area contributed by atoms with E-state index in [1.165, 1.54) is 12.1 Å². The number of anilines is 3. The number of nitrogens with one attached hydrogen (secondary N) is 2. The van der Waals surface area contributed by atoms with Crippen molar-refractivity contribution in [3.8, 4) is 0 Å². The first-order chi connectivity index (χ1) is 14.7. The molecule has 0 unspecified atom stereocenters. The second kappa shape index (κ2) is 8.16. The van der Waals surface area contributed by atoms with Gasteiger partial charge in [0, 0.05) is 38.0 Å². The number of nitrogens with zero attached hydrogens (tertiary/aromatic N) is 3. The van der Waals surface area contributed by atoms with Gasteiger partial charge in [-0.3, -0.25) is 0 Å². The number of halogens is 2. The Hall–Kier alpha value is -2.78. The monoisotopic (exact) mass is 415 g/mol. The fourth-order valence-corrected chi connectivity index (χ4v) is 4.02. The van der Waals surface area contributed by atoms with Crippen molar-refractivity contribution in [2.45, 2.75) is 31.3 Å². The molecule has 2 aromatic heterocycles. The van der Waals surface area contributed by atoms with Crippen molar-refractivity contribution in [3.05, 3.63) is 42.1 Å². The number of imidazole rings is 1. The highest BCUT2D eigenvalue weighted by Crippen LogP contribution is 2.32. The Morgan fingerprint density at radius 1 is 1.03 bits per heavy atom. The molecule has 0 bridgehead atoms. The summed E-state index contributed by atoms with van der Waals surface area (Å²) in [6.07, 6.45) is 4.42. The summed E-state index contributed by atoms with van der Waals surface area (Å²) in [5.41, 5.74) is 1.75. The summed E-state index contributed by atoms with van der Waals surface area (Å²) in [5.74, 6) is -0.0370. The van der Waals surface area contributed by atoms with Crippen molar-refractivity contribution in [2.75, 3.05) is 37.1 Å². The fourth-order valence-electron chi connectivity index (χ4n) is 4.02. The lowest BCUT2D eigenvalue weighted by Crippen LogP contribution is -2.28. The number of hydrogen-bond acceptors (Lipinski definition) is 6. The summed E-state index contributed by atoms with van der Waals surface area (Å²) in [6, 6.07) is 5.80. The third-order valence-electron chi connectivity index (χ3n) is 5.60. The number of hydrogen-bond donors (Lipinski definition) is 2. The SMILES string of the molecule is Fc1ccc(Nc2nc3cnc(NC4CCOCC4)cc3n2[C@H]2CCOC2)c(F)c1. The predicted octanol–water partition coefficient (Wildman–Crippen LogP) is 4.01. The highest BCUT2D eigenvalue weighted by molar-refractivity contribution is 5.81. The molecule has 2 fully saturated rings. The number of aromatic nitrogens is 3. The van der Waals surface area contributed by atoms with Crippen molar-refractivity contribution in [1.82, 2.24) is 14.5 Å². The summed E-state index contributed by atoms with van der Waals surface area (Å²) in [6.45, 7) is 2.70. The normalized spacial score (nSPS) is 20.0. The van der Waals surface area contributed by atoms with Gasteiger partial charge in [0.25, 0.3) is 0 Å². The van der Waals surface area contributed by atoms with Gasteiger partial charge in [-0.25, -0.2) is 18.7 Å². The molecular formula is C21H23F2N5O2. The predicted molar refractivity (Wildman–Crippen MR) is 109 cm³/mol. The van der Waals surface area contributed by atoms with Crippen LogP contribution in [0.1, 0.15) is 25.3 Å². The molecule has 30 heavy (non-hydrogen) atoms. The van der Waals surface area contributed by atoms with Crippen LogP contribution in [-0.2, 0) is 9.47 Å². The summed E-state index contributed by atoms with van der Waals surface area (Å²) in [4.78, 5) is 9.14. The van der Waals surface area contributed by atoms with Crippen molar-refractivity contribution < 1.29 is 18.3 Å². The Bertz CT molecular complexity index is 1050. The zero-order chi connectivity index (χ0) is 20.5. The lowest BCUT2D eigenvalue weighted by atomic mass is 10.1. The summed E-state index contributed by atoms with van der Waals surface area (Å²) >= 11 is 0. The minimum Gasteiger partial charge on any atom is -0.381 e. The lowest BCUT2D eigenvalue weighted by molar-refractivity contribution is 0.0904. The van der Waals surface area contributed by atoms with Gasteiger partial charge in [0.2, 0.25) is 5.95 Å². The average Bonchev–Trinajstić information content (AvgIpc) is 3.38. The van der Waals surface area contributed by atoms with Gasteiger partial charge in [-0.1, -0.05) is 0 Å². The van der Waals surface area contributed by atoms with Crippen LogP contribution in [0.15, 0.2) is 30.5 Å². The van der Waals surface area contributed by atoms with Crippen LogP contribution in [0.25, 0.3) is 11.0 Å². The van der Waals surface area contributed by atoms with E-state index < -0.39 is 11.6 Å². The van der Waals surface area contributed by atoms with E-state index in [0.717, 1.165) is 49.9 Å². The summed E-state index contributed by atoms with van der Waals surface area (Å²) in [7, 11) is 0. The zero-order valence-corrected chi connectivity index (χ0v) is 16.4. The van der Waals surface area contributed by atoms with Gasteiger partial charge in [-0.15, -0.1) is 0 Å². The number of fused-ring (bicyclic) bond motifs is 1. The third kappa shape index (κ3) is 3.82. The third-order valence-corrected chi connectivity index (χ3v) is 5.60. The van der Waals surface area contributed by atoms with E-state index in [1.807, 2.05) is 10.6 Å². The molecular weight excluding hydrogens is 392 g/mol. The van der Waals surface area contributed by atoms with Crippen LogP contribution in [0.5, 0.6) is 0 Å². The highest BCUT2D eigenvalue weighted by atomic mass is 19.1. The maximum Gasteiger partial charge on any atom is 0.208 e. The second-order valence-corrected chi connectivity index (χ2v) is 7.66. The molecule has 9 heteroatoms. The Balaban J connectivity index is 1.51. The van der Waals surface area contributed by atoms with Crippen LogP contribution in [0.4, 0.5) is 26.2 Å². The molecule has 2 aliphatic rings. The molecule has 7 nitrogen and oxygen atoms in total. The van der Waals surface area contributed by atoms with Gasteiger partial charge in [-0.2, -0.15) is 0 Å². The van der Waals surface area contributed by atoms with Gasteiger partial charge >= 0.3 is 0 Å². The first-order valence-electron chi connectivity index (χ1n) is 10.2. The van der Waals surface area contributed by atoms with Crippen molar-refractivity contribution in [1.29, 1.82) is 0 Å². The van der Waals surface area contributed by atoms with E-state index in [1.54, 1.807) is 6.20 Å². The van der Waals surface area contributed by atoms with Crippen LogP contribution in [0.2, 0.25) is 0 Å². The van der Waals surface area contributed by atoms with E-state index in [4.69, 9.17) is 9.47 Å². The Morgan fingerprint density at radius 2 is 1.87 bits per heavy atom. The minimum atomic E-state index is -0.670. The van der Waals surface area contributed by atoms with E-state index in [-0.39, 0.29) is 11.7 Å². The Morgan fingerprint density at radius 3 is 2.63 bits per heavy atom. The van der Waals surface area contributed by atoms with Gasteiger partial charge in [0.1, 0.15) is 23.0 Å². The number of rotatable bonds is 5. The average molecular weight is 415 g/mol. The second-order valence-electron chi connectivity index (χ2n) is 7.66. The topological polar surface area (TPSA) is 73.2 Å². The Labute approximate surface area is 172 Å². The van der Waals surface area contributed by atoms with Crippen LogP contribution in [0, 0.1) is 11.6 Å².